The highest BCUT2D eigenvalue weighted by Crippen LogP contribution is 2.20. The molecule has 0 fully saturated rings. The third-order valence-corrected chi connectivity index (χ3v) is 3.43. The molecule has 0 unspecified atom stereocenters. The van der Waals surface area contributed by atoms with Crippen molar-refractivity contribution in [2.24, 2.45) is 5.10 Å². The van der Waals surface area contributed by atoms with Crippen LogP contribution >= 0.6 is 11.3 Å². The second-order valence-corrected chi connectivity index (χ2v) is 5.01. The lowest BCUT2D eigenvalue weighted by molar-refractivity contribution is 0.0958. The number of aromatic hydroxyl groups is 1. The first kappa shape index (κ1) is 14.0. The van der Waals surface area contributed by atoms with E-state index in [4.69, 9.17) is 5.73 Å². The van der Waals surface area contributed by atoms with E-state index in [1.54, 1.807) is 18.2 Å². The predicted molar refractivity (Wildman–Crippen MR) is 79.1 cm³/mol. The summed E-state index contributed by atoms with van der Waals surface area (Å²) >= 11 is 1.14. The van der Waals surface area contributed by atoms with Crippen molar-refractivity contribution in [3.63, 3.8) is 0 Å². The van der Waals surface area contributed by atoms with Gasteiger partial charge in [-0.3, -0.25) is 4.79 Å². The van der Waals surface area contributed by atoms with Gasteiger partial charge in [0.15, 0.2) is 5.13 Å². The third-order valence-electron chi connectivity index (χ3n) is 2.50. The van der Waals surface area contributed by atoms with Crippen molar-refractivity contribution in [1.29, 1.82) is 0 Å². The van der Waals surface area contributed by atoms with Crippen molar-refractivity contribution in [2.75, 3.05) is 5.73 Å². The number of nitrogens with zero attached hydrogens (tertiary/aromatic N) is 2. The highest BCUT2D eigenvalue weighted by molar-refractivity contribution is 7.17. The minimum atomic E-state index is -0.340. The first-order valence-corrected chi connectivity index (χ1v) is 6.79. The SMILES string of the molecule is CCc1nc(N)sc1C(=O)N/N=C\c1cccc(O)c1. The molecular weight excluding hydrogens is 276 g/mol. The number of nitrogen functional groups attached to an aromatic ring is 1. The van der Waals surface area contributed by atoms with Gasteiger partial charge in [0, 0.05) is 0 Å². The van der Waals surface area contributed by atoms with Gasteiger partial charge in [-0.1, -0.05) is 30.4 Å². The van der Waals surface area contributed by atoms with Gasteiger partial charge >= 0.3 is 0 Å². The van der Waals surface area contributed by atoms with E-state index in [9.17, 15) is 9.90 Å². The van der Waals surface area contributed by atoms with Crippen LogP contribution in [-0.4, -0.2) is 22.2 Å². The molecule has 0 aliphatic heterocycles. The predicted octanol–water partition coefficient (Wildman–Crippen LogP) is 1.76. The number of nitrogens with one attached hydrogen (secondary N) is 1. The standard InChI is InChI=1S/C13H14N4O2S/c1-2-10-11(20-13(14)16-10)12(19)17-15-7-8-4-3-5-9(18)6-8/h3-7,18H,2H2,1H3,(H2,14,16)(H,17,19)/b15-7-. The second kappa shape index (κ2) is 6.16. The number of carbonyl (C=O) groups excluding carboxylic acids is 1. The normalized spacial score (nSPS) is 10.8. The number of nitrogens with two attached hydrogens (primary N) is 1. The highest BCUT2D eigenvalue weighted by atomic mass is 32.1. The number of carbonyl (C=O) groups is 1. The maximum Gasteiger partial charge on any atom is 0.283 e. The zero-order valence-electron chi connectivity index (χ0n) is 10.8. The van der Waals surface area contributed by atoms with Crippen LogP contribution in [0.2, 0.25) is 0 Å². The Labute approximate surface area is 120 Å². The van der Waals surface area contributed by atoms with Crippen LogP contribution in [0.3, 0.4) is 0 Å². The summed E-state index contributed by atoms with van der Waals surface area (Å²) in [6.45, 7) is 1.90. The second-order valence-electron chi connectivity index (χ2n) is 3.98. The lowest BCUT2D eigenvalue weighted by atomic mass is 10.2. The van der Waals surface area contributed by atoms with E-state index in [1.807, 2.05) is 6.92 Å². The van der Waals surface area contributed by atoms with Gasteiger partial charge in [0.25, 0.3) is 5.91 Å². The number of rotatable bonds is 4. The molecule has 0 atom stereocenters. The molecule has 7 heteroatoms. The summed E-state index contributed by atoms with van der Waals surface area (Å²) in [7, 11) is 0. The smallest absolute Gasteiger partial charge is 0.283 e. The Morgan fingerprint density at radius 2 is 2.40 bits per heavy atom. The Hall–Kier alpha value is -2.41. The molecule has 1 amide bonds. The largest absolute Gasteiger partial charge is 0.508 e. The third kappa shape index (κ3) is 3.33. The fourth-order valence-corrected chi connectivity index (χ4v) is 2.42. The zero-order chi connectivity index (χ0) is 14.5. The number of aromatic nitrogens is 1. The molecule has 20 heavy (non-hydrogen) atoms. The quantitative estimate of drug-likeness (QED) is 0.590. The van der Waals surface area contributed by atoms with Crippen molar-refractivity contribution < 1.29 is 9.90 Å². The molecule has 0 aliphatic carbocycles. The lowest BCUT2D eigenvalue weighted by Gasteiger charge is -1.98. The maximum absolute atomic E-state index is 11.9. The van der Waals surface area contributed by atoms with Crippen molar-refractivity contribution in [2.45, 2.75) is 13.3 Å². The van der Waals surface area contributed by atoms with E-state index in [1.165, 1.54) is 12.3 Å². The van der Waals surface area contributed by atoms with E-state index >= 15 is 0 Å². The molecule has 6 nitrogen and oxygen atoms in total. The highest BCUT2D eigenvalue weighted by Gasteiger charge is 2.15. The lowest BCUT2D eigenvalue weighted by Crippen LogP contribution is -2.17. The number of phenolic OH excluding ortho intramolecular Hbond substituents is 1. The van der Waals surface area contributed by atoms with Crippen LogP contribution in [-0.2, 0) is 6.42 Å². The number of anilines is 1. The number of benzene rings is 1. The number of aryl methyl sites for hydroxylation is 1. The zero-order valence-corrected chi connectivity index (χ0v) is 11.6. The molecule has 4 N–H and O–H groups in total. The van der Waals surface area contributed by atoms with Crippen LogP contribution in [0, 0.1) is 0 Å². The number of hydrogen-bond donors (Lipinski definition) is 3. The Kier molecular flexibility index (Phi) is 4.31. The summed E-state index contributed by atoms with van der Waals surface area (Å²) in [5, 5.41) is 13.5. The van der Waals surface area contributed by atoms with Gasteiger partial charge in [-0.05, 0) is 24.1 Å². The topological polar surface area (TPSA) is 101 Å². The monoisotopic (exact) mass is 290 g/mol. The first-order valence-electron chi connectivity index (χ1n) is 5.97. The Morgan fingerprint density at radius 1 is 1.60 bits per heavy atom. The number of thiazole rings is 1. The molecule has 0 saturated heterocycles. The molecule has 1 heterocycles. The molecule has 104 valence electrons. The van der Waals surface area contributed by atoms with E-state index in [0.29, 0.717) is 27.7 Å². The maximum atomic E-state index is 11.9. The fourth-order valence-electron chi connectivity index (χ4n) is 1.61. The number of amides is 1. The molecule has 1 aromatic carbocycles. The van der Waals surface area contributed by atoms with Gasteiger partial charge in [0.1, 0.15) is 10.6 Å². The molecule has 0 saturated carbocycles. The minimum absolute atomic E-state index is 0.142. The van der Waals surface area contributed by atoms with Gasteiger partial charge in [-0.2, -0.15) is 5.10 Å². The van der Waals surface area contributed by atoms with E-state index in [2.05, 4.69) is 15.5 Å². The minimum Gasteiger partial charge on any atom is -0.508 e. The number of hydrazone groups is 1. The van der Waals surface area contributed by atoms with Gasteiger partial charge in [0.2, 0.25) is 0 Å². The summed E-state index contributed by atoms with van der Waals surface area (Å²) in [6, 6.07) is 6.55. The number of phenols is 1. The molecule has 1 aromatic heterocycles. The molecule has 0 bridgehead atoms. The first-order chi connectivity index (χ1) is 9.60. The van der Waals surface area contributed by atoms with E-state index in [0.717, 1.165) is 11.3 Å². The van der Waals surface area contributed by atoms with Crippen LogP contribution in [0.15, 0.2) is 29.4 Å². The van der Waals surface area contributed by atoms with Gasteiger partial charge in [-0.15, -0.1) is 0 Å². The average Bonchev–Trinajstić information content (AvgIpc) is 2.80. The van der Waals surface area contributed by atoms with Gasteiger partial charge in [0.05, 0.1) is 11.9 Å². The van der Waals surface area contributed by atoms with Crippen LogP contribution in [0.1, 0.15) is 27.9 Å². The van der Waals surface area contributed by atoms with Crippen LogP contribution < -0.4 is 11.2 Å². The summed E-state index contributed by atoms with van der Waals surface area (Å²) in [5.41, 5.74) is 9.36. The molecule has 0 aliphatic rings. The van der Waals surface area contributed by atoms with Crippen molar-refractivity contribution in [3.8, 4) is 5.75 Å². The summed E-state index contributed by atoms with van der Waals surface area (Å²) < 4.78 is 0. The van der Waals surface area contributed by atoms with Crippen molar-refractivity contribution in [3.05, 3.63) is 40.4 Å². The Bertz CT molecular complexity index is 652. The van der Waals surface area contributed by atoms with E-state index in [-0.39, 0.29) is 11.7 Å². The summed E-state index contributed by atoms with van der Waals surface area (Å²) in [5.74, 6) is -0.198. The summed E-state index contributed by atoms with van der Waals surface area (Å²) in [6.07, 6.45) is 2.08. The van der Waals surface area contributed by atoms with Crippen LogP contribution in [0.25, 0.3) is 0 Å². The van der Waals surface area contributed by atoms with E-state index < -0.39 is 0 Å². The Morgan fingerprint density at radius 3 is 3.10 bits per heavy atom. The molecule has 2 rings (SSSR count). The van der Waals surface area contributed by atoms with Gasteiger partial charge < -0.3 is 10.8 Å². The molecule has 0 spiro atoms. The van der Waals surface area contributed by atoms with Crippen LogP contribution in [0.4, 0.5) is 5.13 Å². The van der Waals surface area contributed by atoms with Crippen molar-refractivity contribution >= 4 is 28.6 Å². The molecule has 0 radical (unpaired) electrons. The number of hydrogen-bond acceptors (Lipinski definition) is 6. The Balaban J connectivity index is 2.05. The molecule has 2 aromatic rings. The van der Waals surface area contributed by atoms with Gasteiger partial charge in [-0.25, -0.2) is 10.4 Å². The van der Waals surface area contributed by atoms with Crippen molar-refractivity contribution in [1.82, 2.24) is 10.4 Å². The average molecular weight is 290 g/mol. The summed E-state index contributed by atoms with van der Waals surface area (Å²) in [4.78, 5) is 16.5. The molecular formula is C13H14N4O2S. The van der Waals surface area contributed by atoms with Crippen LogP contribution in [0.5, 0.6) is 5.75 Å². The fraction of sp³-hybridized carbons (Fsp3) is 0.154.